The molecule has 0 amide bonds. The predicted octanol–water partition coefficient (Wildman–Crippen LogP) is 8.72. The first-order valence-electron chi connectivity index (χ1n) is 16.7. The average molecular weight is 578 g/mol. The molecule has 5 nitrogen and oxygen atoms in total. The normalized spacial score (nSPS) is 37.1. The van der Waals surface area contributed by atoms with Crippen molar-refractivity contribution in [1.82, 2.24) is 0 Å². The fourth-order valence-electron chi connectivity index (χ4n) is 9.28. The monoisotopic (exact) mass is 577 g/mol. The highest BCUT2D eigenvalue weighted by atomic mass is 16.5. The third-order valence-electron chi connectivity index (χ3n) is 13.0. The molecule has 2 fully saturated rings. The quantitative estimate of drug-likeness (QED) is 0.202. The Morgan fingerprint density at radius 1 is 0.976 bits per heavy atom. The zero-order valence-corrected chi connectivity index (χ0v) is 27.7. The number of nitriles is 1. The second-order valence-corrected chi connectivity index (χ2v) is 15.8. The molecule has 0 spiro atoms. The second-order valence-electron chi connectivity index (χ2n) is 15.8. The van der Waals surface area contributed by atoms with Crippen LogP contribution >= 0.6 is 0 Å². The van der Waals surface area contributed by atoms with Crippen LogP contribution in [0.2, 0.25) is 0 Å². The lowest BCUT2D eigenvalue weighted by Gasteiger charge is -2.63. The molecule has 4 aliphatic carbocycles. The van der Waals surface area contributed by atoms with Crippen LogP contribution in [0, 0.1) is 56.2 Å². The van der Waals surface area contributed by atoms with Gasteiger partial charge in [-0.2, -0.15) is 5.26 Å². The zero-order chi connectivity index (χ0) is 31.1. The van der Waals surface area contributed by atoms with E-state index in [4.69, 9.17) is 4.74 Å². The molecule has 0 radical (unpaired) electrons. The van der Waals surface area contributed by atoms with E-state index in [1.165, 1.54) is 0 Å². The van der Waals surface area contributed by atoms with Gasteiger partial charge in [0.05, 0.1) is 17.6 Å². The average Bonchev–Trinajstić information content (AvgIpc) is 2.95. The van der Waals surface area contributed by atoms with E-state index < -0.39 is 10.8 Å². The number of carbonyl (C=O) groups excluding carboxylic acids is 3. The molecule has 232 valence electrons. The van der Waals surface area contributed by atoms with Crippen LogP contribution in [0.25, 0.3) is 0 Å². The first kappa shape index (κ1) is 32.7. The highest BCUT2D eigenvalue weighted by Gasteiger charge is 2.63. The summed E-state index contributed by atoms with van der Waals surface area (Å²) >= 11 is 0. The standard InChI is InChI=1S/C37H55NO4/c1-9-10-11-12-21-42-32(41)37(18-15-33(4,5)16-19-37)20-17-35(7)26(3)29(39)22-30-34(6)23-27(24-38)31(40)25(2)28(34)13-14-36(30,35)8/h22-23,25-26,28H,9-21H2,1-8H3/t25-,26?,28-,34-,35+,36+/m0/s1. The molecule has 2 saturated carbocycles. The van der Waals surface area contributed by atoms with E-state index in [-0.39, 0.29) is 57.1 Å². The number of rotatable bonds is 9. The number of Topliss-reactive ketones (excluding diaryl/α,β-unsaturated/α-hetero) is 1. The van der Waals surface area contributed by atoms with Gasteiger partial charge >= 0.3 is 5.97 Å². The minimum absolute atomic E-state index is 0.0364. The summed E-state index contributed by atoms with van der Waals surface area (Å²) in [5, 5.41) is 9.82. The van der Waals surface area contributed by atoms with Gasteiger partial charge in [-0.1, -0.05) is 86.3 Å². The van der Waals surface area contributed by atoms with Gasteiger partial charge in [0.2, 0.25) is 0 Å². The number of allylic oxidation sites excluding steroid dienone is 4. The largest absolute Gasteiger partial charge is 0.465 e. The first-order valence-corrected chi connectivity index (χ1v) is 16.7. The van der Waals surface area contributed by atoms with E-state index in [1.54, 1.807) is 0 Å². The molecule has 4 rings (SSSR count). The van der Waals surface area contributed by atoms with Crippen LogP contribution in [0.5, 0.6) is 0 Å². The second kappa shape index (κ2) is 11.7. The summed E-state index contributed by atoms with van der Waals surface area (Å²) < 4.78 is 6.00. The van der Waals surface area contributed by atoms with Crippen LogP contribution in [0.3, 0.4) is 0 Å². The molecule has 0 aromatic heterocycles. The minimum atomic E-state index is -0.521. The Morgan fingerprint density at radius 3 is 2.26 bits per heavy atom. The molecule has 42 heavy (non-hydrogen) atoms. The van der Waals surface area contributed by atoms with Crippen molar-refractivity contribution in [2.75, 3.05) is 6.61 Å². The lowest BCUT2D eigenvalue weighted by Crippen LogP contribution is -2.58. The van der Waals surface area contributed by atoms with E-state index in [1.807, 2.05) is 19.1 Å². The SMILES string of the molecule is CCCCCCOC(=O)C1(CC[C@]2(C)C(C)C(=O)C=C3[C@@]4(C)C=C(C#N)C(=O)[C@@H](C)[C@@H]4CC[C@]32C)CCC(C)(C)CC1. The van der Waals surface area contributed by atoms with Crippen molar-refractivity contribution in [3.63, 3.8) is 0 Å². The Kier molecular flexibility index (Phi) is 9.11. The van der Waals surface area contributed by atoms with Gasteiger partial charge in [-0.3, -0.25) is 14.4 Å². The van der Waals surface area contributed by atoms with Gasteiger partial charge in [-0.25, -0.2) is 0 Å². The molecule has 0 heterocycles. The smallest absolute Gasteiger partial charge is 0.312 e. The van der Waals surface area contributed by atoms with Gasteiger partial charge in [-0.05, 0) is 86.0 Å². The third kappa shape index (κ3) is 5.35. The van der Waals surface area contributed by atoms with Crippen LogP contribution in [-0.2, 0) is 19.1 Å². The number of hydrogen-bond acceptors (Lipinski definition) is 5. The molecule has 0 aliphatic heterocycles. The third-order valence-corrected chi connectivity index (χ3v) is 13.0. The first-order chi connectivity index (χ1) is 19.6. The molecule has 0 aromatic rings. The molecule has 0 aromatic carbocycles. The van der Waals surface area contributed by atoms with Gasteiger partial charge in [0.25, 0.3) is 0 Å². The van der Waals surface area contributed by atoms with Gasteiger partial charge < -0.3 is 4.74 Å². The summed E-state index contributed by atoms with van der Waals surface area (Å²) in [4.78, 5) is 40.6. The van der Waals surface area contributed by atoms with E-state index in [0.29, 0.717) is 6.61 Å². The maximum atomic E-state index is 13.9. The summed E-state index contributed by atoms with van der Waals surface area (Å²) in [6.45, 7) is 18.0. The minimum Gasteiger partial charge on any atom is -0.465 e. The van der Waals surface area contributed by atoms with Crippen LogP contribution in [0.1, 0.15) is 132 Å². The molecule has 0 saturated heterocycles. The van der Waals surface area contributed by atoms with Gasteiger partial charge in [-0.15, -0.1) is 0 Å². The number of esters is 1. The summed E-state index contributed by atoms with van der Waals surface area (Å²) in [5.41, 5.74) is -0.156. The van der Waals surface area contributed by atoms with Crippen LogP contribution in [-0.4, -0.2) is 24.1 Å². The highest BCUT2D eigenvalue weighted by Crippen LogP contribution is 2.69. The molecular weight excluding hydrogens is 522 g/mol. The Labute approximate surface area is 254 Å². The highest BCUT2D eigenvalue weighted by molar-refractivity contribution is 6.02. The number of nitrogens with zero attached hydrogens (tertiary/aromatic N) is 1. The van der Waals surface area contributed by atoms with Crippen molar-refractivity contribution in [1.29, 1.82) is 5.26 Å². The Hall–Kier alpha value is -2.22. The van der Waals surface area contributed by atoms with Gasteiger partial charge in [0, 0.05) is 17.3 Å². The van der Waals surface area contributed by atoms with E-state index in [0.717, 1.165) is 82.6 Å². The number of ether oxygens (including phenoxy) is 1. The van der Waals surface area contributed by atoms with Crippen LogP contribution < -0.4 is 0 Å². The Morgan fingerprint density at radius 2 is 1.64 bits per heavy atom. The molecule has 5 heteroatoms. The zero-order valence-electron chi connectivity index (χ0n) is 27.7. The number of fused-ring (bicyclic) bond motifs is 3. The number of carbonyl (C=O) groups is 3. The Bertz CT molecular complexity index is 1190. The number of ketones is 2. The van der Waals surface area contributed by atoms with Crippen LogP contribution in [0.4, 0.5) is 0 Å². The van der Waals surface area contributed by atoms with E-state index >= 15 is 0 Å². The number of hydrogen-bond donors (Lipinski definition) is 0. The fraction of sp³-hybridized carbons (Fsp3) is 0.784. The maximum Gasteiger partial charge on any atom is 0.312 e. The summed E-state index contributed by atoms with van der Waals surface area (Å²) in [6.07, 6.45) is 15.0. The van der Waals surface area contributed by atoms with Gasteiger partial charge in [0.1, 0.15) is 6.07 Å². The maximum absolute atomic E-state index is 13.9. The predicted molar refractivity (Wildman–Crippen MR) is 166 cm³/mol. The number of unbranched alkanes of at least 4 members (excludes halogenated alkanes) is 3. The van der Waals surface area contributed by atoms with Crippen LogP contribution in [0.15, 0.2) is 23.3 Å². The van der Waals surface area contributed by atoms with E-state index in [2.05, 4.69) is 54.5 Å². The fourth-order valence-corrected chi connectivity index (χ4v) is 9.28. The molecule has 0 bridgehead atoms. The summed E-state index contributed by atoms with van der Waals surface area (Å²) in [7, 11) is 0. The molecular formula is C37H55NO4. The van der Waals surface area contributed by atoms with Crippen molar-refractivity contribution in [3.05, 3.63) is 23.3 Å². The van der Waals surface area contributed by atoms with Gasteiger partial charge in [0.15, 0.2) is 11.6 Å². The summed E-state index contributed by atoms with van der Waals surface area (Å²) in [6, 6.07) is 2.16. The van der Waals surface area contributed by atoms with E-state index in [9.17, 15) is 19.6 Å². The molecule has 0 N–H and O–H groups in total. The Balaban J connectivity index is 1.66. The molecule has 1 unspecified atom stereocenters. The van der Waals surface area contributed by atoms with Crippen molar-refractivity contribution < 1.29 is 19.1 Å². The lowest BCUT2D eigenvalue weighted by atomic mass is 9.40. The topological polar surface area (TPSA) is 84.2 Å². The van der Waals surface area contributed by atoms with Crippen molar-refractivity contribution in [3.8, 4) is 6.07 Å². The molecule has 6 atom stereocenters. The van der Waals surface area contributed by atoms with Crippen molar-refractivity contribution >= 4 is 17.5 Å². The van der Waals surface area contributed by atoms with Crippen molar-refractivity contribution in [2.45, 2.75) is 132 Å². The lowest BCUT2D eigenvalue weighted by molar-refractivity contribution is -0.162. The van der Waals surface area contributed by atoms with Crippen molar-refractivity contribution in [2.24, 2.45) is 44.8 Å². The summed E-state index contributed by atoms with van der Waals surface area (Å²) in [5.74, 6) is -0.344. The molecule has 4 aliphatic rings.